The zero-order valence-corrected chi connectivity index (χ0v) is 9.52. The standard InChI is InChI=1S/C9H18S2/c1-7-10-5-8(6-11-7)9(2,3)4/h7-8H,5-6H2,1-4H3. The zero-order valence-electron chi connectivity index (χ0n) is 7.89. The molecule has 0 N–H and O–H groups in total. The molecule has 0 aliphatic carbocycles. The van der Waals surface area contributed by atoms with Gasteiger partial charge in [0.15, 0.2) is 0 Å². The molecule has 0 unspecified atom stereocenters. The summed E-state index contributed by atoms with van der Waals surface area (Å²) in [6.07, 6.45) is 0. The van der Waals surface area contributed by atoms with Crippen LogP contribution in [-0.4, -0.2) is 16.1 Å². The van der Waals surface area contributed by atoms with Crippen LogP contribution in [0.2, 0.25) is 0 Å². The van der Waals surface area contributed by atoms with Crippen molar-refractivity contribution in [2.45, 2.75) is 32.3 Å². The van der Waals surface area contributed by atoms with E-state index in [2.05, 4.69) is 51.2 Å². The van der Waals surface area contributed by atoms with Crippen LogP contribution in [0.4, 0.5) is 0 Å². The van der Waals surface area contributed by atoms with Crippen LogP contribution in [0.3, 0.4) is 0 Å². The predicted octanol–water partition coefficient (Wildman–Crippen LogP) is 3.47. The van der Waals surface area contributed by atoms with Crippen LogP contribution in [0.25, 0.3) is 0 Å². The van der Waals surface area contributed by atoms with Crippen molar-refractivity contribution in [2.75, 3.05) is 11.5 Å². The first-order chi connectivity index (χ1) is 5.00. The summed E-state index contributed by atoms with van der Waals surface area (Å²) >= 11 is 4.23. The Morgan fingerprint density at radius 1 is 1.09 bits per heavy atom. The lowest BCUT2D eigenvalue weighted by molar-refractivity contribution is 0.293. The van der Waals surface area contributed by atoms with Gasteiger partial charge in [-0.1, -0.05) is 20.8 Å². The maximum absolute atomic E-state index is 2.36. The predicted molar refractivity (Wildman–Crippen MR) is 57.3 cm³/mol. The second-order valence-corrected chi connectivity index (χ2v) is 7.34. The van der Waals surface area contributed by atoms with Crippen molar-refractivity contribution in [3.05, 3.63) is 0 Å². The molecule has 1 rings (SSSR count). The van der Waals surface area contributed by atoms with Crippen LogP contribution >= 0.6 is 23.5 Å². The molecule has 0 spiro atoms. The van der Waals surface area contributed by atoms with Crippen LogP contribution < -0.4 is 0 Å². The molecule has 1 fully saturated rings. The molecule has 1 saturated heterocycles. The van der Waals surface area contributed by atoms with Gasteiger partial charge >= 0.3 is 0 Å². The highest BCUT2D eigenvalue weighted by Crippen LogP contribution is 2.40. The molecule has 1 aliphatic rings. The molecule has 0 aromatic carbocycles. The Labute approximate surface area is 78.9 Å². The molecule has 0 radical (unpaired) electrons. The monoisotopic (exact) mass is 190 g/mol. The highest BCUT2D eigenvalue weighted by atomic mass is 32.2. The summed E-state index contributed by atoms with van der Waals surface area (Å²) < 4.78 is 0.827. The average molecular weight is 190 g/mol. The van der Waals surface area contributed by atoms with Gasteiger partial charge in [0.05, 0.1) is 0 Å². The van der Waals surface area contributed by atoms with Crippen molar-refractivity contribution in [1.29, 1.82) is 0 Å². The smallest absolute Gasteiger partial charge is 0.0474 e. The molecule has 0 aromatic heterocycles. The Balaban J connectivity index is 2.39. The summed E-state index contributed by atoms with van der Waals surface area (Å²) in [5.74, 6) is 3.63. The highest BCUT2D eigenvalue weighted by molar-refractivity contribution is 8.17. The molecular formula is C9H18S2. The lowest BCUT2D eigenvalue weighted by atomic mass is 9.83. The van der Waals surface area contributed by atoms with E-state index in [4.69, 9.17) is 0 Å². The van der Waals surface area contributed by atoms with Crippen molar-refractivity contribution < 1.29 is 0 Å². The zero-order chi connectivity index (χ0) is 8.48. The second-order valence-electron chi connectivity index (χ2n) is 4.30. The summed E-state index contributed by atoms with van der Waals surface area (Å²) in [4.78, 5) is 0. The van der Waals surface area contributed by atoms with Crippen molar-refractivity contribution in [2.24, 2.45) is 11.3 Å². The third-order valence-electron chi connectivity index (χ3n) is 2.29. The van der Waals surface area contributed by atoms with E-state index in [0.29, 0.717) is 5.41 Å². The van der Waals surface area contributed by atoms with Crippen LogP contribution in [0.1, 0.15) is 27.7 Å². The molecule has 1 aliphatic heterocycles. The molecule has 66 valence electrons. The third-order valence-corrected chi connectivity index (χ3v) is 5.23. The molecule has 1 heterocycles. The minimum Gasteiger partial charge on any atom is -0.148 e. The van der Waals surface area contributed by atoms with Gasteiger partial charge in [0.2, 0.25) is 0 Å². The molecule has 0 saturated carbocycles. The Kier molecular flexibility index (Phi) is 3.21. The highest BCUT2D eigenvalue weighted by Gasteiger charge is 2.28. The topological polar surface area (TPSA) is 0 Å². The first-order valence-electron chi connectivity index (χ1n) is 4.23. The van der Waals surface area contributed by atoms with E-state index < -0.39 is 0 Å². The van der Waals surface area contributed by atoms with Crippen LogP contribution in [0.5, 0.6) is 0 Å². The van der Waals surface area contributed by atoms with Gasteiger partial charge in [-0.2, -0.15) is 0 Å². The quantitative estimate of drug-likeness (QED) is 0.573. The minimum absolute atomic E-state index is 0.514. The van der Waals surface area contributed by atoms with Gasteiger partial charge in [0.25, 0.3) is 0 Å². The fourth-order valence-corrected chi connectivity index (χ4v) is 4.35. The summed E-state index contributed by atoms with van der Waals surface area (Å²) in [5.41, 5.74) is 0.514. The van der Waals surface area contributed by atoms with E-state index in [9.17, 15) is 0 Å². The largest absolute Gasteiger partial charge is 0.148 e. The summed E-state index contributed by atoms with van der Waals surface area (Å²) in [5, 5.41) is 0. The maximum atomic E-state index is 2.36. The molecule has 0 bridgehead atoms. The van der Waals surface area contributed by atoms with Gasteiger partial charge < -0.3 is 0 Å². The summed E-state index contributed by atoms with van der Waals surface area (Å²) in [7, 11) is 0. The Morgan fingerprint density at radius 2 is 1.55 bits per heavy atom. The van der Waals surface area contributed by atoms with E-state index in [1.807, 2.05) is 0 Å². The van der Waals surface area contributed by atoms with Crippen LogP contribution in [0, 0.1) is 11.3 Å². The Morgan fingerprint density at radius 3 is 1.91 bits per heavy atom. The van der Waals surface area contributed by atoms with Crippen molar-refractivity contribution in [1.82, 2.24) is 0 Å². The van der Waals surface area contributed by atoms with Crippen molar-refractivity contribution in [3.63, 3.8) is 0 Å². The molecule has 0 amide bonds. The number of hydrogen-bond donors (Lipinski definition) is 0. The van der Waals surface area contributed by atoms with E-state index in [0.717, 1.165) is 10.5 Å². The fourth-order valence-electron chi connectivity index (χ4n) is 1.10. The van der Waals surface area contributed by atoms with E-state index in [1.54, 1.807) is 0 Å². The first kappa shape index (κ1) is 9.79. The van der Waals surface area contributed by atoms with Crippen LogP contribution in [0.15, 0.2) is 0 Å². The number of thioether (sulfide) groups is 2. The fraction of sp³-hybridized carbons (Fsp3) is 1.00. The minimum atomic E-state index is 0.514. The molecule has 11 heavy (non-hydrogen) atoms. The molecule has 0 atom stereocenters. The average Bonchev–Trinajstić information content (AvgIpc) is 1.86. The van der Waals surface area contributed by atoms with Gasteiger partial charge in [-0.3, -0.25) is 0 Å². The van der Waals surface area contributed by atoms with E-state index in [-0.39, 0.29) is 0 Å². The summed E-state index contributed by atoms with van der Waals surface area (Å²) in [6, 6.07) is 0. The Bertz CT molecular complexity index is 118. The molecule has 0 aromatic rings. The number of rotatable bonds is 0. The van der Waals surface area contributed by atoms with Gasteiger partial charge in [-0.15, -0.1) is 23.5 Å². The maximum Gasteiger partial charge on any atom is 0.0474 e. The van der Waals surface area contributed by atoms with E-state index in [1.165, 1.54) is 11.5 Å². The molecular weight excluding hydrogens is 172 g/mol. The van der Waals surface area contributed by atoms with Crippen molar-refractivity contribution in [3.8, 4) is 0 Å². The van der Waals surface area contributed by atoms with Gasteiger partial charge in [0.1, 0.15) is 0 Å². The molecule has 2 heteroatoms. The van der Waals surface area contributed by atoms with Gasteiger partial charge in [0, 0.05) is 4.58 Å². The van der Waals surface area contributed by atoms with Gasteiger partial charge in [-0.25, -0.2) is 0 Å². The second kappa shape index (κ2) is 3.61. The van der Waals surface area contributed by atoms with Crippen molar-refractivity contribution >= 4 is 23.5 Å². The number of hydrogen-bond acceptors (Lipinski definition) is 2. The third kappa shape index (κ3) is 2.90. The van der Waals surface area contributed by atoms with Crippen LogP contribution in [-0.2, 0) is 0 Å². The summed E-state index contributed by atoms with van der Waals surface area (Å²) in [6.45, 7) is 9.38. The normalized spacial score (nSPS) is 33.8. The molecule has 0 nitrogen and oxygen atoms in total. The van der Waals surface area contributed by atoms with E-state index >= 15 is 0 Å². The van der Waals surface area contributed by atoms with Gasteiger partial charge in [-0.05, 0) is 29.8 Å². The lowest BCUT2D eigenvalue weighted by Gasteiger charge is -2.35. The Hall–Kier alpha value is 0.700. The SMILES string of the molecule is CC1SCC(C(C)(C)C)CS1. The first-order valence-corrected chi connectivity index (χ1v) is 6.33. The lowest BCUT2D eigenvalue weighted by Crippen LogP contribution is -2.28.